The minimum Gasteiger partial charge on any atom is -0.394 e. The lowest BCUT2D eigenvalue weighted by Gasteiger charge is -2.10. The number of nitrogens with two attached hydrogens (primary N) is 1. The van der Waals surface area contributed by atoms with Crippen LogP contribution in [0.4, 0.5) is 11.5 Å². The third-order valence-corrected chi connectivity index (χ3v) is 3.93. The van der Waals surface area contributed by atoms with Crippen molar-refractivity contribution in [1.29, 1.82) is 0 Å². The van der Waals surface area contributed by atoms with Crippen LogP contribution in [0.3, 0.4) is 0 Å². The molecule has 0 atom stereocenters. The lowest BCUT2D eigenvalue weighted by molar-refractivity contribution is 0.198. The Labute approximate surface area is 129 Å². The van der Waals surface area contributed by atoms with Gasteiger partial charge in [0, 0.05) is 25.2 Å². The van der Waals surface area contributed by atoms with Gasteiger partial charge in [-0.3, -0.25) is 0 Å². The molecule has 0 unspecified atom stereocenters. The van der Waals surface area contributed by atoms with E-state index in [9.17, 15) is 0 Å². The van der Waals surface area contributed by atoms with Gasteiger partial charge in [-0.05, 0) is 25.5 Å². The second-order valence-electron chi connectivity index (χ2n) is 4.63. The molecule has 1 heterocycles. The lowest BCUT2D eigenvalue weighted by Crippen LogP contribution is -2.09. The van der Waals surface area contributed by atoms with Gasteiger partial charge < -0.3 is 15.8 Å². The molecular formula is C15H20N4OS. The van der Waals surface area contributed by atoms with Crippen molar-refractivity contribution < 1.29 is 4.74 Å². The Morgan fingerprint density at radius 3 is 2.71 bits per heavy atom. The summed E-state index contributed by atoms with van der Waals surface area (Å²) < 4.78 is 5.01. The number of aromatic nitrogens is 2. The average Bonchev–Trinajstić information content (AvgIpc) is 2.49. The first-order valence-corrected chi connectivity index (χ1v) is 7.60. The number of hydrogen-bond acceptors (Lipinski definition) is 6. The lowest BCUT2D eigenvalue weighted by atomic mass is 10.2. The number of ether oxygens (including phenoxy) is 1. The number of benzene rings is 1. The van der Waals surface area contributed by atoms with Crippen LogP contribution in [-0.4, -0.2) is 30.2 Å². The van der Waals surface area contributed by atoms with Crippen molar-refractivity contribution >= 4 is 23.3 Å². The van der Waals surface area contributed by atoms with Gasteiger partial charge in [-0.25, -0.2) is 9.97 Å². The molecule has 0 bridgehead atoms. The maximum absolute atomic E-state index is 6.14. The van der Waals surface area contributed by atoms with Crippen molar-refractivity contribution in [3.8, 4) is 0 Å². The van der Waals surface area contributed by atoms with Crippen LogP contribution in [0, 0.1) is 6.92 Å². The molecule has 0 saturated carbocycles. The van der Waals surface area contributed by atoms with Crippen LogP contribution in [0.1, 0.15) is 12.0 Å². The Morgan fingerprint density at radius 1 is 1.24 bits per heavy atom. The van der Waals surface area contributed by atoms with E-state index < -0.39 is 0 Å². The Kier molecular flexibility index (Phi) is 5.83. The standard InChI is InChI=1S/C15H20N4OS/c1-11-4-6-12(7-5-11)21-15-13(16)14(18-10-19-15)17-8-3-9-20-2/h4-7,10H,3,8-9,16H2,1-2H3,(H,17,18,19). The number of methoxy groups -OCH3 is 1. The van der Waals surface area contributed by atoms with Crippen molar-refractivity contribution in [3.05, 3.63) is 36.2 Å². The van der Waals surface area contributed by atoms with Crippen LogP contribution in [0.15, 0.2) is 40.5 Å². The van der Waals surface area contributed by atoms with Crippen LogP contribution in [0.25, 0.3) is 0 Å². The van der Waals surface area contributed by atoms with E-state index in [0.717, 1.165) is 22.9 Å². The summed E-state index contributed by atoms with van der Waals surface area (Å²) in [4.78, 5) is 9.56. The van der Waals surface area contributed by atoms with Gasteiger partial charge in [-0.1, -0.05) is 29.5 Å². The van der Waals surface area contributed by atoms with E-state index in [1.165, 1.54) is 23.7 Å². The van der Waals surface area contributed by atoms with Gasteiger partial charge in [0.1, 0.15) is 17.0 Å². The van der Waals surface area contributed by atoms with Crippen molar-refractivity contribution in [3.63, 3.8) is 0 Å². The van der Waals surface area contributed by atoms with E-state index in [-0.39, 0.29) is 0 Å². The summed E-state index contributed by atoms with van der Waals surface area (Å²) in [6.07, 6.45) is 2.44. The van der Waals surface area contributed by atoms with E-state index in [0.29, 0.717) is 18.1 Å². The number of nitrogens with one attached hydrogen (secondary N) is 1. The van der Waals surface area contributed by atoms with Gasteiger partial charge in [-0.15, -0.1) is 0 Å². The first kappa shape index (κ1) is 15.6. The molecule has 1 aromatic carbocycles. The van der Waals surface area contributed by atoms with Gasteiger partial charge in [0.15, 0.2) is 5.82 Å². The molecule has 0 radical (unpaired) electrons. The van der Waals surface area contributed by atoms with Crippen LogP contribution in [-0.2, 0) is 4.74 Å². The largest absolute Gasteiger partial charge is 0.394 e. The van der Waals surface area contributed by atoms with Crippen LogP contribution in [0.5, 0.6) is 0 Å². The molecule has 1 aromatic heterocycles. The summed E-state index contributed by atoms with van der Waals surface area (Å²) in [5.74, 6) is 0.677. The van der Waals surface area contributed by atoms with E-state index in [1.807, 2.05) is 0 Å². The van der Waals surface area contributed by atoms with E-state index in [1.54, 1.807) is 7.11 Å². The molecule has 6 heteroatoms. The first-order chi connectivity index (χ1) is 10.2. The number of nitrogen functional groups attached to an aromatic ring is 1. The molecular weight excluding hydrogens is 284 g/mol. The van der Waals surface area contributed by atoms with E-state index in [2.05, 4.69) is 46.5 Å². The molecule has 0 aliphatic heterocycles. The summed E-state index contributed by atoms with van der Waals surface area (Å²) in [7, 11) is 1.69. The molecule has 21 heavy (non-hydrogen) atoms. The fraction of sp³-hybridized carbons (Fsp3) is 0.333. The van der Waals surface area contributed by atoms with Gasteiger partial charge >= 0.3 is 0 Å². The number of anilines is 2. The summed E-state index contributed by atoms with van der Waals surface area (Å²) >= 11 is 1.54. The molecule has 2 rings (SSSR count). The van der Waals surface area contributed by atoms with Crippen molar-refractivity contribution in [2.45, 2.75) is 23.3 Å². The molecule has 0 aliphatic rings. The maximum Gasteiger partial charge on any atom is 0.153 e. The van der Waals surface area contributed by atoms with Crippen molar-refractivity contribution in [2.24, 2.45) is 0 Å². The van der Waals surface area contributed by atoms with Crippen molar-refractivity contribution in [1.82, 2.24) is 9.97 Å². The second-order valence-corrected chi connectivity index (χ2v) is 5.69. The highest BCUT2D eigenvalue weighted by Gasteiger charge is 2.09. The Bertz CT molecular complexity index is 574. The molecule has 0 saturated heterocycles. The SMILES string of the molecule is COCCCNc1ncnc(Sc2ccc(C)cc2)c1N. The Morgan fingerprint density at radius 2 is 2.00 bits per heavy atom. The number of hydrogen-bond donors (Lipinski definition) is 2. The fourth-order valence-corrected chi connectivity index (χ4v) is 2.54. The third-order valence-electron chi connectivity index (χ3n) is 2.90. The molecule has 0 fully saturated rings. The molecule has 0 amide bonds. The predicted molar refractivity (Wildman–Crippen MR) is 86.7 cm³/mol. The molecule has 0 spiro atoms. The summed E-state index contributed by atoms with van der Waals surface area (Å²) in [6, 6.07) is 8.27. The first-order valence-electron chi connectivity index (χ1n) is 6.78. The van der Waals surface area contributed by atoms with Gasteiger partial charge in [0.25, 0.3) is 0 Å². The monoisotopic (exact) mass is 304 g/mol. The fourth-order valence-electron chi connectivity index (χ4n) is 1.74. The number of nitrogens with zero attached hydrogens (tertiary/aromatic N) is 2. The zero-order valence-corrected chi connectivity index (χ0v) is 13.1. The topological polar surface area (TPSA) is 73.1 Å². The predicted octanol–water partition coefficient (Wildman–Crippen LogP) is 2.97. The van der Waals surface area contributed by atoms with E-state index in [4.69, 9.17) is 10.5 Å². The maximum atomic E-state index is 6.14. The molecule has 3 N–H and O–H groups in total. The van der Waals surface area contributed by atoms with Gasteiger partial charge in [0.2, 0.25) is 0 Å². The highest BCUT2D eigenvalue weighted by Crippen LogP contribution is 2.32. The van der Waals surface area contributed by atoms with Crippen LogP contribution in [0.2, 0.25) is 0 Å². The van der Waals surface area contributed by atoms with Gasteiger partial charge in [0.05, 0.1) is 0 Å². The Hall–Kier alpha value is -1.79. The number of aryl methyl sites for hydroxylation is 1. The highest BCUT2D eigenvalue weighted by molar-refractivity contribution is 7.99. The van der Waals surface area contributed by atoms with E-state index >= 15 is 0 Å². The quantitative estimate of drug-likeness (QED) is 0.605. The van der Waals surface area contributed by atoms with Gasteiger partial charge in [-0.2, -0.15) is 0 Å². The normalized spacial score (nSPS) is 10.6. The van der Waals surface area contributed by atoms with Crippen LogP contribution < -0.4 is 11.1 Å². The van der Waals surface area contributed by atoms with Crippen LogP contribution >= 0.6 is 11.8 Å². The minimum absolute atomic E-state index is 0.584. The zero-order chi connectivity index (χ0) is 15.1. The summed E-state index contributed by atoms with van der Waals surface area (Å²) in [6.45, 7) is 3.54. The second kappa shape index (κ2) is 7.85. The van der Waals surface area contributed by atoms with Crippen molar-refractivity contribution in [2.75, 3.05) is 31.3 Å². The molecule has 5 nitrogen and oxygen atoms in total. The highest BCUT2D eigenvalue weighted by atomic mass is 32.2. The summed E-state index contributed by atoms with van der Waals surface area (Å²) in [5, 5.41) is 3.98. The molecule has 0 aliphatic carbocycles. The third kappa shape index (κ3) is 4.61. The molecule has 2 aromatic rings. The Balaban J connectivity index is 2.04. The minimum atomic E-state index is 0.584. The zero-order valence-electron chi connectivity index (χ0n) is 12.3. The smallest absolute Gasteiger partial charge is 0.153 e. The summed E-state index contributed by atoms with van der Waals surface area (Å²) in [5.41, 5.74) is 7.95. The average molecular weight is 304 g/mol. The molecule has 112 valence electrons. The number of rotatable bonds is 7.